The molecule has 0 aromatic heterocycles. The molecular formula is C10H12BrFO. The van der Waals surface area contributed by atoms with Crippen LogP contribution < -0.4 is 0 Å². The lowest BCUT2D eigenvalue weighted by molar-refractivity contribution is 0.218. The van der Waals surface area contributed by atoms with Crippen molar-refractivity contribution in [1.82, 2.24) is 0 Å². The van der Waals surface area contributed by atoms with E-state index in [0.717, 1.165) is 5.56 Å². The standard InChI is InChI=1S/C10H12BrFO/c1-10(2,6-13)7-3-4-8(11)9(12)5-7/h3-5,13H,6H2,1-2H3. The van der Waals surface area contributed by atoms with E-state index >= 15 is 0 Å². The van der Waals surface area contributed by atoms with Crippen molar-refractivity contribution in [3.05, 3.63) is 34.1 Å². The summed E-state index contributed by atoms with van der Waals surface area (Å²) in [4.78, 5) is 0. The van der Waals surface area contributed by atoms with Crippen LogP contribution in [-0.2, 0) is 5.41 Å². The molecule has 1 aromatic rings. The van der Waals surface area contributed by atoms with Crippen molar-refractivity contribution in [2.75, 3.05) is 6.61 Å². The van der Waals surface area contributed by atoms with Crippen molar-refractivity contribution in [1.29, 1.82) is 0 Å². The highest BCUT2D eigenvalue weighted by molar-refractivity contribution is 9.10. The first-order chi connectivity index (χ1) is 5.97. The Balaban J connectivity index is 3.10. The van der Waals surface area contributed by atoms with E-state index in [-0.39, 0.29) is 17.8 Å². The predicted molar refractivity (Wildman–Crippen MR) is 54.2 cm³/mol. The molecule has 0 aliphatic carbocycles. The zero-order valence-corrected chi connectivity index (χ0v) is 9.23. The molecule has 0 fully saturated rings. The Bertz CT molecular complexity index is 310. The number of aliphatic hydroxyl groups excluding tert-OH is 1. The minimum atomic E-state index is -0.387. The van der Waals surface area contributed by atoms with Gasteiger partial charge >= 0.3 is 0 Å². The summed E-state index contributed by atoms with van der Waals surface area (Å²) < 4.78 is 13.6. The monoisotopic (exact) mass is 246 g/mol. The van der Waals surface area contributed by atoms with Crippen molar-refractivity contribution in [3.8, 4) is 0 Å². The maximum Gasteiger partial charge on any atom is 0.137 e. The van der Waals surface area contributed by atoms with Crippen molar-refractivity contribution in [2.24, 2.45) is 0 Å². The molecule has 0 amide bonds. The fraction of sp³-hybridized carbons (Fsp3) is 0.400. The van der Waals surface area contributed by atoms with Crippen LogP contribution in [-0.4, -0.2) is 11.7 Å². The molecule has 0 unspecified atom stereocenters. The average Bonchev–Trinajstić information content (AvgIpc) is 2.09. The average molecular weight is 247 g/mol. The Hall–Kier alpha value is -0.410. The van der Waals surface area contributed by atoms with Crippen LogP contribution in [0.2, 0.25) is 0 Å². The predicted octanol–water partition coefficient (Wildman–Crippen LogP) is 2.86. The lowest BCUT2D eigenvalue weighted by atomic mass is 9.86. The smallest absolute Gasteiger partial charge is 0.137 e. The third-order valence-corrected chi connectivity index (χ3v) is 2.74. The normalized spacial score (nSPS) is 11.8. The van der Waals surface area contributed by atoms with Crippen molar-refractivity contribution >= 4 is 15.9 Å². The van der Waals surface area contributed by atoms with Gasteiger partial charge in [0.2, 0.25) is 0 Å². The topological polar surface area (TPSA) is 20.2 Å². The van der Waals surface area contributed by atoms with E-state index < -0.39 is 0 Å². The Kier molecular flexibility index (Phi) is 3.09. The first-order valence-electron chi connectivity index (χ1n) is 4.04. The summed E-state index contributed by atoms with van der Waals surface area (Å²) in [6, 6.07) is 4.91. The van der Waals surface area contributed by atoms with E-state index in [2.05, 4.69) is 15.9 Å². The largest absolute Gasteiger partial charge is 0.395 e. The number of benzene rings is 1. The Morgan fingerprint density at radius 1 is 1.46 bits per heavy atom. The lowest BCUT2D eigenvalue weighted by Gasteiger charge is -2.22. The van der Waals surface area contributed by atoms with Crippen molar-refractivity contribution < 1.29 is 9.50 Å². The number of hydrogen-bond donors (Lipinski definition) is 1. The molecule has 1 N–H and O–H groups in total. The first kappa shape index (κ1) is 10.7. The molecular weight excluding hydrogens is 235 g/mol. The maximum atomic E-state index is 13.1. The minimum absolute atomic E-state index is 0.00801. The fourth-order valence-electron chi connectivity index (χ4n) is 1.01. The van der Waals surface area contributed by atoms with Crippen LogP contribution in [0.3, 0.4) is 0 Å². The van der Waals surface area contributed by atoms with Crippen LogP contribution in [0, 0.1) is 5.82 Å². The second-order valence-electron chi connectivity index (χ2n) is 3.67. The van der Waals surface area contributed by atoms with Crippen molar-refractivity contribution in [2.45, 2.75) is 19.3 Å². The molecule has 0 radical (unpaired) electrons. The molecule has 1 rings (SSSR count). The Morgan fingerprint density at radius 2 is 2.08 bits per heavy atom. The van der Waals surface area contributed by atoms with Crippen LogP contribution in [0.5, 0.6) is 0 Å². The molecule has 0 aliphatic heterocycles. The maximum absolute atomic E-state index is 13.1. The third-order valence-electron chi connectivity index (χ3n) is 2.10. The number of halogens is 2. The molecule has 0 heterocycles. The summed E-state index contributed by atoms with van der Waals surface area (Å²) >= 11 is 3.08. The Morgan fingerprint density at radius 3 is 2.54 bits per heavy atom. The van der Waals surface area contributed by atoms with Gasteiger partial charge in [-0.1, -0.05) is 19.9 Å². The van der Waals surface area contributed by atoms with E-state index in [1.165, 1.54) is 6.07 Å². The van der Waals surface area contributed by atoms with Gasteiger partial charge in [0.05, 0.1) is 11.1 Å². The second kappa shape index (κ2) is 3.76. The van der Waals surface area contributed by atoms with Crippen LogP contribution >= 0.6 is 15.9 Å². The summed E-state index contributed by atoms with van der Waals surface area (Å²) in [5, 5.41) is 9.07. The number of hydrogen-bond acceptors (Lipinski definition) is 1. The van der Waals surface area contributed by atoms with Gasteiger partial charge in [-0.3, -0.25) is 0 Å². The molecule has 0 atom stereocenters. The van der Waals surface area contributed by atoms with Gasteiger partial charge in [-0.2, -0.15) is 0 Å². The molecule has 72 valence electrons. The van der Waals surface area contributed by atoms with Crippen molar-refractivity contribution in [3.63, 3.8) is 0 Å². The zero-order valence-electron chi connectivity index (χ0n) is 7.64. The molecule has 13 heavy (non-hydrogen) atoms. The van der Waals surface area contributed by atoms with E-state index in [1.807, 2.05) is 19.9 Å². The number of aliphatic hydroxyl groups is 1. The van der Waals surface area contributed by atoms with Gasteiger partial charge in [-0.25, -0.2) is 4.39 Å². The van der Waals surface area contributed by atoms with Crippen LogP contribution in [0.25, 0.3) is 0 Å². The van der Waals surface area contributed by atoms with E-state index in [4.69, 9.17) is 5.11 Å². The first-order valence-corrected chi connectivity index (χ1v) is 4.83. The number of rotatable bonds is 2. The molecule has 1 aromatic carbocycles. The molecule has 0 saturated heterocycles. The highest BCUT2D eigenvalue weighted by atomic mass is 79.9. The van der Waals surface area contributed by atoms with E-state index in [1.54, 1.807) is 6.07 Å². The summed E-state index contributed by atoms with van der Waals surface area (Å²) in [6.07, 6.45) is 0. The molecule has 0 bridgehead atoms. The molecule has 0 aliphatic rings. The summed E-state index contributed by atoms with van der Waals surface area (Å²) in [5.41, 5.74) is 0.414. The highest BCUT2D eigenvalue weighted by Crippen LogP contribution is 2.25. The highest BCUT2D eigenvalue weighted by Gasteiger charge is 2.20. The molecule has 3 heteroatoms. The molecule has 1 nitrogen and oxygen atoms in total. The Labute approximate surface area is 85.7 Å². The van der Waals surface area contributed by atoms with Gasteiger partial charge in [0.25, 0.3) is 0 Å². The minimum Gasteiger partial charge on any atom is -0.395 e. The summed E-state index contributed by atoms with van der Waals surface area (Å²) in [7, 11) is 0. The quantitative estimate of drug-likeness (QED) is 0.851. The second-order valence-corrected chi connectivity index (χ2v) is 4.53. The fourth-order valence-corrected chi connectivity index (χ4v) is 1.26. The van der Waals surface area contributed by atoms with E-state index in [9.17, 15) is 4.39 Å². The van der Waals surface area contributed by atoms with Crippen LogP contribution in [0.1, 0.15) is 19.4 Å². The van der Waals surface area contributed by atoms with Crippen LogP contribution in [0.4, 0.5) is 4.39 Å². The summed E-state index contributed by atoms with van der Waals surface area (Å²) in [6.45, 7) is 3.75. The van der Waals surface area contributed by atoms with Gasteiger partial charge < -0.3 is 5.11 Å². The zero-order chi connectivity index (χ0) is 10.1. The van der Waals surface area contributed by atoms with Gasteiger partial charge in [0, 0.05) is 5.41 Å². The SMILES string of the molecule is CC(C)(CO)c1ccc(Br)c(F)c1. The van der Waals surface area contributed by atoms with Gasteiger partial charge in [-0.05, 0) is 33.6 Å². The van der Waals surface area contributed by atoms with Gasteiger partial charge in [0.15, 0.2) is 0 Å². The summed E-state index contributed by atoms with van der Waals surface area (Å²) in [5.74, 6) is -0.293. The third kappa shape index (κ3) is 2.29. The lowest BCUT2D eigenvalue weighted by Crippen LogP contribution is -2.22. The molecule has 0 spiro atoms. The van der Waals surface area contributed by atoms with E-state index in [0.29, 0.717) is 4.47 Å². The van der Waals surface area contributed by atoms with Gasteiger partial charge in [-0.15, -0.1) is 0 Å². The van der Waals surface area contributed by atoms with Crippen LogP contribution in [0.15, 0.2) is 22.7 Å². The van der Waals surface area contributed by atoms with Gasteiger partial charge in [0.1, 0.15) is 5.82 Å². The molecule has 0 saturated carbocycles.